The summed E-state index contributed by atoms with van der Waals surface area (Å²) < 4.78 is 9.58. The Labute approximate surface area is 158 Å². The normalized spacial score (nSPS) is 11.3. The molecule has 0 fully saturated rings. The van der Waals surface area contributed by atoms with Crippen molar-refractivity contribution in [1.82, 2.24) is 5.32 Å². The van der Waals surface area contributed by atoms with Crippen LogP contribution < -0.4 is 16.4 Å². The molecular weight excluding hydrogens is 352 g/mol. The number of carbonyl (C=O) groups is 3. The lowest BCUT2D eigenvalue weighted by atomic mass is 10.1. The summed E-state index contributed by atoms with van der Waals surface area (Å²) in [5, 5.41) is 12.7. The Hall–Kier alpha value is -2.94. The van der Waals surface area contributed by atoms with Gasteiger partial charge in [-0.3, -0.25) is 19.8 Å². The van der Waals surface area contributed by atoms with Crippen LogP contribution in [0.3, 0.4) is 0 Å². The zero-order valence-electron chi connectivity index (χ0n) is 15.5. The van der Waals surface area contributed by atoms with Crippen molar-refractivity contribution in [2.45, 2.75) is 31.7 Å². The number of hydrogen-bond acceptors (Lipinski definition) is 6. The summed E-state index contributed by atoms with van der Waals surface area (Å²) in [7, 11) is 2.81. The molecule has 0 aliphatic heterocycles. The van der Waals surface area contributed by atoms with E-state index in [1.165, 1.54) is 14.2 Å². The number of hydrogen-bond donors (Lipinski definition) is 4. The van der Waals surface area contributed by atoms with E-state index in [0.717, 1.165) is 0 Å². The smallest absolute Gasteiger partial charge is 0.307 e. The molecule has 0 aliphatic rings. The number of benzene rings is 1. The Kier molecular flexibility index (Phi) is 9.52. The Bertz CT molecular complexity index is 660. The number of nitrogens with one attached hydrogen (secondary N) is 3. The molecule has 9 heteroatoms. The summed E-state index contributed by atoms with van der Waals surface area (Å²) in [5.41, 5.74) is 6.48. The zero-order chi connectivity index (χ0) is 20.2. The Morgan fingerprint density at radius 1 is 1.11 bits per heavy atom. The maximum Gasteiger partial charge on any atom is 0.307 e. The van der Waals surface area contributed by atoms with Gasteiger partial charge in [0, 0.05) is 43.9 Å². The van der Waals surface area contributed by atoms with E-state index >= 15 is 0 Å². The van der Waals surface area contributed by atoms with Crippen LogP contribution in [0.15, 0.2) is 24.3 Å². The summed E-state index contributed by atoms with van der Waals surface area (Å²) in [6.07, 6.45) is 0.490. The molecule has 0 aliphatic carbocycles. The summed E-state index contributed by atoms with van der Waals surface area (Å²) in [5.74, 6) is -1.13. The SMILES string of the molecule is COCCC(CC(=O)OC)NC(=O)CCC(=O)Nc1ccc(C(=N)N)cc1. The van der Waals surface area contributed by atoms with Crippen molar-refractivity contribution in [3.05, 3.63) is 29.8 Å². The average molecular weight is 378 g/mol. The number of ether oxygens (including phenoxy) is 2. The Morgan fingerprint density at radius 2 is 1.74 bits per heavy atom. The number of esters is 1. The van der Waals surface area contributed by atoms with Crippen molar-refractivity contribution >= 4 is 29.3 Å². The second kappa shape index (κ2) is 11.6. The molecule has 0 saturated heterocycles. The first kappa shape index (κ1) is 22.1. The van der Waals surface area contributed by atoms with Gasteiger partial charge in [0.2, 0.25) is 11.8 Å². The van der Waals surface area contributed by atoms with Gasteiger partial charge in [-0.1, -0.05) is 0 Å². The molecule has 2 amide bonds. The second-order valence-electron chi connectivity index (χ2n) is 5.87. The summed E-state index contributed by atoms with van der Waals surface area (Å²) in [6.45, 7) is 0.388. The van der Waals surface area contributed by atoms with E-state index in [4.69, 9.17) is 15.9 Å². The van der Waals surface area contributed by atoms with E-state index < -0.39 is 12.0 Å². The number of amides is 2. The van der Waals surface area contributed by atoms with Crippen LogP contribution >= 0.6 is 0 Å². The highest BCUT2D eigenvalue weighted by Gasteiger charge is 2.17. The standard InChI is InChI=1S/C18H26N4O5/c1-26-10-9-14(11-17(25)27-2)22-16(24)8-7-15(23)21-13-5-3-12(4-6-13)18(19)20/h3-6,14H,7-11H2,1-2H3,(H3,19,20)(H,21,23)(H,22,24). The molecule has 1 aromatic carbocycles. The molecule has 0 saturated carbocycles. The Morgan fingerprint density at radius 3 is 2.30 bits per heavy atom. The van der Waals surface area contributed by atoms with Gasteiger partial charge in [-0.2, -0.15) is 0 Å². The van der Waals surface area contributed by atoms with Crippen molar-refractivity contribution in [2.75, 3.05) is 26.1 Å². The van der Waals surface area contributed by atoms with E-state index in [2.05, 4.69) is 15.4 Å². The maximum atomic E-state index is 12.0. The summed E-state index contributed by atoms with van der Waals surface area (Å²) in [4.78, 5) is 35.4. The fraction of sp³-hybridized carbons (Fsp3) is 0.444. The summed E-state index contributed by atoms with van der Waals surface area (Å²) >= 11 is 0. The molecule has 1 unspecified atom stereocenters. The molecule has 1 aromatic rings. The fourth-order valence-electron chi connectivity index (χ4n) is 2.25. The van der Waals surface area contributed by atoms with Gasteiger partial charge in [0.15, 0.2) is 0 Å². The van der Waals surface area contributed by atoms with Crippen molar-refractivity contribution < 1.29 is 23.9 Å². The number of methoxy groups -OCH3 is 2. The van der Waals surface area contributed by atoms with Crippen LogP contribution in [0.25, 0.3) is 0 Å². The van der Waals surface area contributed by atoms with Crippen LogP contribution in [0, 0.1) is 5.41 Å². The van der Waals surface area contributed by atoms with Gasteiger partial charge in [0.25, 0.3) is 0 Å². The van der Waals surface area contributed by atoms with Crippen molar-refractivity contribution in [3.63, 3.8) is 0 Å². The highest BCUT2D eigenvalue weighted by molar-refractivity contribution is 5.96. The largest absolute Gasteiger partial charge is 0.469 e. The third-order valence-electron chi connectivity index (χ3n) is 3.74. The molecule has 9 nitrogen and oxygen atoms in total. The van der Waals surface area contributed by atoms with Crippen molar-refractivity contribution in [3.8, 4) is 0 Å². The minimum Gasteiger partial charge on any atom is -0.469 e. The first-order valence-corrected chi connectivity index (χ1v) is 8.45. The van der Waals surface area contributed by atoms with Gasteiger partial charge in [0.1, 0.15) is 5.84 Å². The number of amidine groups is 1. The van der Waals surface area contributed by atoms with Gasteiger partial charge in [-0.05, 0) is 30.7 Å². The fourth-order valence-corrected chi connectivity index (χ4v) is 2.25. The monoisotopic (exact) mass is 378 g/mol. The third-order valence-corrected chi connectivity index (χ3v) is 3.74. The number of rotatable bonds is 11. The first-order valence-electron chi connectivity index (χ1n) is 8.45. The average Bonchev–Trinajstić information content (AvgIpc) is 2.64. The molecule has 27 heavy (non-hydrogen) atoms. The quantitative estimate of drug-likeness (QED) is 0.254. The van der Waals surface area contributed by atoms with Crippen LogP contribution in [0.4, 0.5) is 5.69 Å². The lowest BCUT2D eigenvalue weighted by Crippen LogP contribution is -2.37. The Balaban J connectivity index is 2.45. The van der Waals surface area contributed by atoms with E-state index in [0.29, 0.717) is 24.3 Å². The highest BCUT2D eigenvalue weighted by Crippen LogP contribution is 2.10. The molecule has 0 heterocycles. The van der Waals surface area contributed by atoms with Crippen LogP contribution in [0.2, 0.25) is 0 Å². The van der Waals surface area contributed by atoms with E-state index in [9.17, 15) is 14.4 Å². The molecule has 0 aromatic heterocycles. The number of nitrogens with two attached hydrogens (primary N) is 1. The van der Waals surface area contributed by atoms with E-state index in [1.807, 2.05) is 0 Å². The molecule has 1 atom stereocenters. The van der Waals surface area contributed by atoms with Crippen LogP contribution in [0.1, 0.15) is 31.2 Å². The van der Waals surface area contributed by atoms with Crippen molar-refractivity contribution in [1.29, 1.82) is 5.41 Å². The molecule has 1 rings (SSSR count). The van der Waals surface area contributed by atoms with Crippen LogP contribution in [-0.2, 0) is 23.9 Å². The number of carbonyl (C=O) groups excluding carboxylic acids is 3. The molecule has 0 bridgehead atoms. The number of nitrogen functional groups attached to an aromatic ring is 1. The van der Waals surface area contributed by atoms with Gasteiger partial charge >= 0.3 is 5.97 Å². The predicted molar refractivity (Wildman–Crippen MR) is 100 cm³/mol. The maximum absolute atomic E-state index is 12.0. The topological polar surface area (TPSA) is 144 Å². The highest BCUT2D eigenvalue weighted by atomic mass is 16.5. The van der Waals surface area contributed by atoms with E-state index in [-0.39, 0.29) is 36.9 Å². The van der Waals surface area contributed by atoms with Crippen LogP contribution in [0.5, 0.6) is 0 Å². The minimum atomic E-state index is -0.428. The zero-order valence-corrected chi connectivity index (χ0v) is 15.5. The number of anilines is 1. The predicted octanol–water partition coefficient (Wildman–Crippen LogP) is 0.774. The van der Waals surface area contributed by atoms with Gasteiger partial charge in [0.05, 0.1) is 13.5 Å². The molecule has 148 valence electrons. The summed E-state index contributed by atoms with van der Waals surface area (Å²) in [6, 6.07) is 6.10. The lowest BCUT2D eigenvalue weighted by Gasteiger charge is -2.17. The first-order chi connectivity index (χ1) is 12.8. The van der Waals surface area contributed by atoms with Gasteiger partial charge < -0.3 is 25.8 Å². The third kappa shape index (κ3) is 8.82. The minimum absolute atomic E-state index is 0.00445. The van der Waals surface area contributed by atoms with Gasteiger partial charge in [-0.15, -0.1) is 0 Å². The molecule has 0 radical (unpaired) electrons. The lowest BCUT2D eigenvalue weighted by molar-refractivity contribution is -0.141. The second-order valence-corrected chi connectivity index (χ2v) is 5.87. The molecule has 5 N–H and O–H groups in total. The molecule has 0 spiro atoms. The molecular formula is C18H26N4O5. The van der Waals surface area contributed by atoms with E-state index in [1.54, 1.807) is 24.3 Å². The van der Waals surface area contributed by atoms with Gasteiger partial charge in [-0.25, -0.2) is 0 Å². The van der Waals surface area contributed by atoms with Crippen molar-refractivity contribution in [2.24, 2.45) is 5.73 Å². The van der Waals surface area contributed by atoms with Crippen LogP contribution in [-0.4, -0.2) is 50.5 Å².